The molecule has 0 bridgehead atoms. The van der Waals surface area contributed by atoms with E-state index < -0.39 is 0 Å². The lowest BCUT2D eigenvalue weighted by Crippen LogP contribution is -2.11. The third-order valence-corrected chi connectivity index (χ3v) is 2.80. The molecule has 0 saturated heterocycles. The van der Waals surface area contributed by atoms with Crippen LogP contribution in [-0.4, -0.2) is 15.2 Å². The summed E-state index contributed by atoms with van der Waals surface area (Å²) in [5.74, 6) is 0. The molecule has 0 amide bonds. The van der Waals surface area contributed by atoms with Gasteiger partial charge in [0.2, 0.25) is 0 Å². The minimum Gasteiger partial charge on any atom is -0.283 e. The number of hydrogen-bond donors (Lipinski definition) is 1. The van der Waals surface area contributed by atoms with Crippen molar-refractivity contribution in [3.63, 3.8) is 0 Å². The summed E-state index contributed by atoms with van der Waals surface area (Å²) in [6.07, 6.45) is 2.67. The van der Waals surface area contributed by atoms with Gasteiger partial charge in [0.25, 0.3) is 0 Å². The first-order valence-electron chi connectivity index (χ1n) is 5.91. The molecule has 0 spiro atoms. The number of pyridine rings is 1. The van der Waals surface area contributed by atoms with Gasteiger partial charge in [-0.15, -0.1) is 0 Å². The largest absolute Gasteiger partial charge is 0.283 e. The van der Waals surface area contributed by atoms with Crippen molar-refractivity contribution >= 4 is 0 Å². The first-order valence-corrected chi connectivity index (χ1v) is 5.91. The Labute approximate surface area is 102 Å². The van der Waals surface area contributed by atoms with E-state index in [2.05, 4.69) is 54.2 Å². The molecule has 0 aromatic carbocycles. The van der Waals surface area contributed by atoms with Gasteiger partial charge >= 0.3 is 0 Å². The van der Waals surface area contributed by atoms with Gasteiger partial charge in [-0.1, -0.05) is 20.8 Å². The number of nitrogens with zero attached hydrogens (tertiary/aromatic N) is 2. The highest BCUT2D eigenvalue weighted by Gasteiger charge is 2.14. The zero-order valence-electron chi connectivity index (χ0n) is 10.9. The van der Waals surface area contributed by atoms with Crippen LogP contribution in [-0.2, 0) is 11.8 Å². The summed E-state index contributed by atoms with van der Waals surface area (Å²) in [6.45, 7) is 8.65. The molecule has 2 rings (SSSR count). The van der Waals surface area contributed by atoms with Gasteiger partial charge in [0, 0.05) is 24.0 Å². The predicted molar refractivity (Wildman–Crippen MR) is 69.1 cm³/mol. The Morgan fingerprint density at radius 3 is 2.53 bits per heavy atom. The molecule has 1 N–H and O–H groups in total. The van der Waals surface area contributed by atoms with E-state index in [0.29, 0.717) is 0 Å². The summed E-state index contributed by atoms with van der Waals surface area (Å²) >= 11 is 0. The first-order chi connectivity index (χ1) is 7.95. The zero-order valence-corrected chi connectivity index (χ0v) is 10.9. The Morgan fingerprint density at radius 1 is 1.18 bits per heavy atom. The molecule has 3 heteroatoms. The quantitative estimate of drug-likeness (QED) is 0.860. The second-order valence-electron chi connectivity index (χ2n) is 5.50. The van der Waals surface area contributed by atoms with Crippen LogP contribution < -0.4 is 0 Å². The average Bonchev–Trinajstić information content (AvgIpc) is 2.63. The predicted octanol–water partition coefficient (Wildman–Crippen LogP) is 3.00. The number of aryl methyl sites for hydroxylation is 1. The Hall–Kier alpha value is -1.64. The first kappa shape index (κ1) is 11.8. The van der Waals surface area contributed by atoms with Gasteiger partial charge in [-0.25, -0.2) is 0 Å². The SMILES string of the molecule is Cc1cc(Cc2cc(C(C)(C)C)ccn2)n[nH]1. The van der Waals surface area contributed by atoms with Crippen LogP contribution >= 0.6 is 0 Å². The molecule has 0 fully saturated rings. The summed E-state index contributed by atoms with van der Waals surface area (Å²) in [5, 5.41) is 7.19. The summed E-state index contributed by atoms with van der Waals surface area (Å²) in [7, 11) is 0. The minimum absolute atomic E-state index is 0.166. The highest BCUT2D eigenvalue weighted by atomic mass is 15.1. The van der Waals surface area contributed by atoms with E-state index in [9.17, 15) is 0 Å². The van der Waals surface area contributed by atoms with Gasteiger partial charge in [-0.3, -0.25) is 10.1 Å². The lowest BCUT2D eigenvalue weighted by atomic mass is 9.87. The van der Waals surface area contributed by atoms with E-state index in [1.165, 1.54) is 5.56 Å². The fourth-order valence-corrected chi connectivity index (χ4v) is 1.79. The second kappa shape index (κ2) is 4.32. The van der Waals surface area contributed by atoms with Crippen LogP contribution in [0.2, 0.25) is 0 Å². The van der Waals surface area contributed by atoms with Gasteiger partial charge in [-0.05, 0) is 36.1 Å². The molecule has 3 nitrogen and oxygen atoms in total. The van der Waals surface area contributed by atoms with E-state index in [4.69, 9.17) is 0 Å². The van der Waals surface area contributed by atoms with E-state index in [0.717, 1.165) is 23.5 Å². The normalized spacial score (nSPS) is 11.8. The van der Waals surface area contributed by atoms with Crippen molar-refractivity contribution in [3.05, 3.63) is 47.0 Å². The summed E-state index contributed by atoms with van der Waals surface area (Å²) in [4.78, 5) is 4.40. The van der Waals surface area contributed by atoms with Gasteiger partial charge in [0.15, 0.2) is 0 Å². The summed E-state index contributed by atoms with van der Waals surface area (Å²) in [6, 6.07) is 6.31. The number of nitrogens with one attached hydrogen (secondary N) is 1. The van der Waals surface area contributed by atoms with Crippen LogP contribution in [0.15, 0.2) is 24.4 Å². The van der Waals surface area contributed by atoms with Crippen LogP contribution in [0.3, 0.4) is 0 Å². The van der Waals surface area contributed by atoms with Gasteiger partial charge in [-0.2, -0.15) is 5.10 Å². The smallest absolute Gasteiger partial charge is 0.0684 e. The van der Waals surface area contributed by atoms with Crippen LogP contribution in [0.1, 0.15) is 43.4 Å². The Kier molecular flexibility index (Phi) is 3.01. The molecule has 0 saturated carbocycles. The molecule has 0 atom stereocenters. The van der Waals surface area contributed by atoms with Crippen molar-refractivity contribution < 1.29 is 0 Å². The van der Waals surface area contributed by atoms with E-state index in [1.807, 2.05) is 13.1 Å². The van der Waals surface area contributed by atoms with Gasteiger partial charge in [0.1, 0.15) is 0 Å². The minimum atomic E-state index is 0.166. The van der Waals surface area contributed by atoms with Crippen LogP contribution in [0.5, 0.6) is 0 Å². The topological polar surface area (TPSA) is 41.6 Å². The monoisotopic (exact) mass is 229 g/mol. The van der Waals surface area contributed by atoms with E-state index in [-0.39, 0.29) is 5.41 Å². The molecule has 0 aliphatic rings. The van der Waals surface area contributed by atoms with Gasteiger partial charge < -0.3 is 0 Å². The molecule has 2 aromatic rings. The standard InChI is InChI=1S/C14H19N3/c1-10-7-13(17-16-10)9-12-8-11(5-6-15-12)14(2,3)4/h5-8H,9H2,1-4H3,(H,16,17). The molecule has 2 heterocycles. The molecule has 0 radical (unpaired) electrons. The second-order valence-corrected chi connectivity index (χ2v) is 5.50. The Bertz CT molecular complexity index is 506. The third-order valence-electron chi connectivity index (χ3n) is 2.80. The maximum atomic E-state index is 4.40. The Balaban J connectivity index is 2.22. The molecule has 2 aromatic heterocycles. The third kappa shape index (κ3) is 2.93. The van der Waals surface area contributed by atoms with Crippen molar-refractivity contribution in [1.82, 2.24) is 15.2 Å². The van der Waals surface area contributed by atoms with Crippen LogP contribution in [0.4, 0.5) is 0 Å². The fraction of sp³-hybridized carbons (Fsp3) is 0.429. The molecule has 17 heavy (non-hydrogen) atoms. The van der Waals surface area contributed by atoms with Crippen LogP contribution in [0.25, 0.3) is 0 Å². The average molecular weight is 229 g/mol. The Morgan fingerprint density at radius 2 is 1.94 bits per heavy atom. The lowest BCUT2D eigenvalue weighted by Gasteiger charge is -2.19. The van der Waals surface area contributed by atoms with Gasteiger partial charge in [0.05, 0.1) is 5.69 Å². The number of aromatic amines is 1. The van der Waals surface area contributed by atoms with Crippen molar-refractivity contribution in [3.8, 4) is 0 Å². The van der Waals surface area contributed by atoms with Crippen molar-refractivity contribution in [1.29, 1.82) is 0 Å². The highest BCUT2D eigenvalue weighted by molar-refractivity contribution is 5.26. The molecule has 0 unspecified atom stereocenters. The number of hydrogen-bond acceptors (Lipinski definition) is 2. The summed E-state index contributed by atoms with van der Waals surface area (Å²) in [5.41, 5.74) is 4.69. The maximum absolute atomic E-state index is 4.40. The number of rotatable bonds is 2. The van der Waals surface area contributed by atoms with Crippen molar-refractivity contribution in [2.75, 3.05) is 0 Å². The number of H-pyrrole nitrogens is 1. The molecular weight excluding hydrogens is 210 g/mol. The van der Waals surface area contributed by atoms with E-state index >= 15 is 0 Å². The molecule has 0 aliphatic carbocycles. The fourth-order valence-electron chi connectivity index (χ4n) is 1.79. The maximum Gasteiger partial charge on any atom is 0.0684 e. The van der Waals surface area contributed by atoms with Crippen molar-refractivity contribution in [2.24, 2.45) is 0 Å². The summed E-state index contributed by atoms with van der Waals surface area (Å²) < 4.78 is 0. The van der Waals surface area contributed by atoms with E-state index in [1.54, 1.807) is 0 Å². The molecule has 90 valence electrons. The molecular formula is C14H19N3. The van der Waals surface area contributed by atoms with Crippen molar-refractivity contribution in [2.45, 2.75) is 39.5 Å². The molecule has 0 aliphatic heterocycles. The van der Waals surface area contributed by atoms with Crippen LogP contribution in [0, 0.1) is 6.92 Å². The zero-order chi connectivity index (χ0) is 12.5. The number of aromatic nitrogens is 3. The lowest BCUT2D eigenvalue weighted by molar-refractivity contribution is 0.588. The highest BCUT2D eigenvalue weighted by Crippen LogP contribution is 2.22.